The van der Waals surface area contributed by atoms with Crippen molar-refractivity contribution >= 4 is 12.0 Å². The lowest BCUT2D eigenvalue weighted by Crippen LogP contribution is -2.47. The van der Waals surface area contributed by atoms with Crippen molar-refractivity contribution in [1.82, 2.24) is 4.90 Å². The van der Waals surface area contributed by atoms with E-state index in [1.165, 1.54) is 33.5 Å². The molecule has 2 aromatic carbocycles. The number of hydrogen-bond acceptors (Lipinski definition) is 3. The van der Waals surface area contributed by atoms with E-state index in [0.29, 0.717) is 6.04 Å². The molecule has 0 bridgehead atoms. The van der Waals surface area contributed by atoms with Crippen LogP contribution in [-0.2, 0) is 0 Å². The Morgan fingerprint density at radius 3 is 2.00 bits per heavy atom. The van der Waals surface area contributed by atoms with Crippen LogP contribution in [0.1, 0.15) is 51.1 Å². The van der Waals surface area contributed by atoms with Gasteiger partial charge in [0.05, 0.1) is 0 Å². The van der Waals surface area contributed by atoms with Gasteiger partial charge >= 0.3 is 0 Å². The van der Waals surface area contributed by atoms with Crippen molar-refractivity contribution in [3.63, 3.8) is 0 Å². The molecule has 1 atom stereocenters. The molecule has 2 aromatic rings. The maximum atomic E-state index is 11.1. The number of carbonyl (C=O) groups is 1. The molecular weight excluding hydrogens is 320 g/mol. The third-order valence-electron chi connectivity index (χ3n) is 5.84. The fourth-order valence-electron chi connectivity index (χ4n) is 4.12. The molecule has 3 heteroatoms. The summed E-state index contributed by atoms with van der Waals surface area (Å²) in [5.74, 6) is 0. The van der Waals surface area contributed by atoms with Crippen LogP contribution in [0.4, 0.5) is 5.69 Å². The van der Waals surface area contributed by atoms with Crippen LogP contribution < -0.4 is 4.90 Å². The summed E-state index contributed by atoms with van der Waals surface area (Å²) in [5.41, 5.74) is 8.60. The SMILES string of the molecule is Cc1ccc([C@@H](C)N2CCN(c3c(C)cc(C=O)cc3C)CC2)cc1C. The van der Waals surface area contributed by atoms with Crippen molar-refractivity contribution < 1.29 is 4.79 Å². The highest BCUT2D eigenvalue weighted by Crippen LogP contribution is 2.29. The molecule has 0 aromatic heterocycles. The van der Waals surface area contributed by atoms with Crippen LogP contribution in [-0.4, -0.2) is 37.4 Å². The van der Waals surface area contributed by atoms with Crippen molar-refractivity contribution in [3.8, 4) is 0 Å². The molecule has 1 aliphatic heterocycles. The number of rotatable bonds is 4. The number of carbonyl (C=O) groups excluding carboxylic acids is 1. The average Bonchev–Trinajstić information content (AvgIpc) is 2.63. The molecule has 1 heterocycles. The molecule has 0 saturated carbocycles. The third kappa shape index (κ3) is 3.68. The van der Waals surface area contributed by atoms with Gasteiger partial charge in [0.2, 0.25) is 0 Å². The number of benzene rings is 2. The van der Waals surface area contributed by atoms with E-state index >= 15 is 0 Å². The summed E-state index contributed by atoms with van der Waals surface area (Å²) in [6, 6.07) is 11.3. The van der Waals surface area contributed by atoms with Crippen LogP contribution in [0.25, 0.3) is 0 Å². The highest BCUT2D eigenvalue weighted by Gasteiger charge is 2.24. The van der Waals surface area contributed by atoms with Gasteiger partial charge in [-0.1, -0.05) is 18.2 Å². The molecule has 0 unspecified atom stereocenters. The van der Waals surface area contributed by atoms with Gasteiger partial charge in [-0.2, -0.15) is 0 Å². The molecule has 1 aliphatic rings. The molecule has 0 aliphatic carbocycles. The topological polar surface area (TPSA) is 23.6 Å². The zero-order valence-electron chi connectivity index (χ0n) is 16.7. The second-order valence-electron chi connectivity index (χ2n) is 7.66. The van der Waals surface area contributed by atoms with Gasteiger partial charge in [-0.3, -0.25) is 9.69 Å². The summed E-state index contributed by atoms with van der Waals surface area (Å²) in [6.07, 6.45) is 0.937. The van der Waals surface area contributed by atoms with Gasteiger partial charge in [0.25, 0.3) is 0 Å². The first-order valence-corrected chi connectivity index (χ1v) is 9.53. The fourth-order valence-corrected chi connectivity index (χ4v) is 4.12. The van der Waals surface area contributed by atoms with Gasteiger partial charge in [0.1, 0.15) is 6.29 Å². The Bertz CT molecular complexity index is 781. The zero-order valence-corrected chi connectivity index (χ0v) is 16.7. The van der Waals surface area contributed by atoms with Crippen molar-refractivity contribution in [3.05, 3.63) is 63.7 Å². The first kappa shape index (κ1) is 18.7. The summed E-state index contributed by atoms with van der Waals surface area (Å²) in [7, 11) is 0. The summed E-state index contributed by atoms with van der Waals surface area (Å²) in [4.78, 5) is 16.1. The summed E-state index contributed by atoms with van der Waals surface area (Å²) < 4.78 is 0. The maximum Gasteiger partial charge on any atom is 0.150 e. The lowest BCUT2D eigenvalue weighted by Gasteiger charge is -2.40. The Morgan fingerprint density at radius 1 is 0.846 bits per heavy atom. The second kappa shape index (κ2) is 7.63. The van der Waals surface area contributed by atoms with Crippen molar-refractivity contribution in [1.29, 1.82) is 0 Å². The van der Waals surface area contributed by atoms with Crippen molar-refractivity contribution in [2.24, 2.45) is 0 Å². The highest BCUT2D eigenvalue weighted by molar-refractivity contribution is 5.78. The lowest BCUT2D eigenvalue weighted by molar-refractivity contribution is 0.112. The minimum Gasteiger partial charge on any atom is -0.369 e. The van der Waals surface area contributed by atoms with Crippen molar-refractivity contribution in [2.45, 2.75) is 40.7 Å². The Kier molecular flexibility index (Phi) is 5.47. The van der Waals surface area contributed by atoms with Gasteiger partial charge in [-0.05, 0) is 74.6 Å². The van der Waals surface area contributed by atoms with E-state index in [-0.39, 0.29) is 0 Å². The minimum absolute atomic E-state index is 0.441. The summed E-state index contributed by atoms with van der Waals surface area (Å²) >= 11 is 0. The molecule has 0 spiro atoms. The van der Waals surface area contributed by atoms with Crippen LogP contribution >= 0.6 is 0 Å². The molecule has 0 radical (unpaired) electrons. The number of aldehydes is 1. The molecule has 26 heavy (non-hydrogen) atoms. The predicted molar refractivity (Wildman–Crippen MR) is 109 cm³/mol. The highest BCUT2D eigenvalue weighted by atomic mass is 16.1. The van der Waals surface area contributed by atoms with Crippen LogP contribution in [0, 0.1) is 27.7 Å². The summed E-state index contributed by atoms with van der Waals surface area (Å²) in [6.45, 7) is 15.1. The van der Waals surface area contributed by atoms with Crippen LogP contribution in [0.15, 0.2) is 30.3 Å². The maximum absolute atomic E-state index is 11.1. The minimum atomic E-state index is 0.441. The van der Waals surface area contributed by atoms with E-state index in [2.05, 4.69) is 62.6 Å². The molecule has 3 rings (SSSR count). The average molecular weight is 351 g/mol. The van der Waals surface area contributed by atoms with E-state index in [0.717, 1.165) is 38.0 Å². The monoisotopic (exact) mass is 350 g/mol. The van der Waals surface area contributed by atoms with E-state index in [9.17, 15) is 4.79 Å². The van der Waals surface area contributed by atoms with Gasteiger partial charge in [0, 0.05) is 43.5 Å². The summed E-state index contributed by atoms with van der Waals surface area (Å²) in [5, 5.41) is 0. The van der Waals surface area contributed by atoms with Crippen LogP contribution in [0.5, 0.6) is 0 Å². The van der Waals surface area contributed by atoms with Gasteiger partial charge < -0.3 is 4.90 Å². The van der Waals surface area contributed by atoms with Gasteiger partial charge in [-0.25, -0.2) is 0 Å². The predicted octanol–water partition coefficient (Wildman–Crippen LogP) is 4.62. The largest absolute Gasteiger partial charge is 0.369 e. The van der Waals surface area contributed by atoms with Gasteiger partial charge in [0.15, 0.2) is 0 Å². The Morgan fingerprint density at radius 2 is 1.46 bits per heavy atom. The lowest BCUT2D eigenvalue weighted by atomic mass is 10.00. The number of piperazine rings is 1. The van der Waals surface area contributed by atoms with Gasteiger partial charge in [-0.15, -0.1) is 0 Å². The number of nitrogens with zero attached hydrogens (tertiary/aromatic N) is 2. The molecule has 1 fully saturated rings. The van der Waals surface area contributed by atoms with Crippen molar-refractivity contribution in [2.75, 3.05) is 31.1 Å². The Labute approximate surface area is 157 Å². The Hall–Kier alpha value is -2.13. The number of aryl methyl sites for hydroxylation is 4. The number of anilines is 1. The van der Waals surface area contributed by atoms with Crippen LogP contribution in [0.3, 0.4) is 0 Å². The molecule has 1 saturated heterocycles. The van der Waals surface area contributed by atoms with E-state index in [1.807, 2.05) is 12.1 Å². The Balaban J connectivity index is 1.71. The molecule has 0 amide bonds. The smallest absolute Gasteiger partial charge is 0.150 e. The van der Waals surface area contributed by atoms with Crippen LogP contribution in [0.2, 0.25) is 0 Å². The first-order chi connectivity index (χ1) is 12.4. The fraction of sp³-hybridized carbons (Fsp3) is 0.435. The number of hydrogen-bond donors (Lipinski definition) is 0. The standard InChI is InChI=1S/C23H30N2O/c1-16-6-7-22(14-17(16)2)20(5)24-8-10-25(11-9-24)23-18(3)12-21(15-26)13-19(23)4/h6-7,12-15,20H,8-11H2,1-5H3/t20-/m1/s1. The zero-order chi connectivity index (χ0) is 18.8. The molecule has 138 valence electrons. The first-order valence-electron chi connectivity index (χ1n) is 9.53. The normalized spacial score (nSPS) is 16.6. The molecular formula is C23H30N2O. The third-order valence-corrected chi connectivity index (χ3v) is 5.84. The quantitative estimate of drug-likeness (QED) is 0.752. The molecule has 3 nitrogen and oxygen atoms in total. The second-order valence-corrected chi connectivity index (χ2v) is 7.66. The molecule has 0 N–H and O–H groups in total. The van der Waals surface area contributed by atoms with E-state index in [4.69, 9.17) is 0 Å². The van der Waals surface area contributed by atoms with E-state index in [1.54, 1.807) is 0 Å². The van der Waals surface area contributed by atoms with E-state index < -0.39 is 0 Å².